The van der Waals surface area contributed by atoms with Gasteiger partial charge in [-0.15, -0.1) is 0 Å². The molecule has 1 heterocycles. The van der Waals surface area contributed by atoms with Crippen LogP contribution in [0.5, 0.6) is 0 Å². The number of nitrogens with zero attached hydrogens (tertiary/aromatic N) is 3. The van der Waals surface area contributed by atoms with Crippen molar-refractivity contribution in [1.82, 2.24) is 4.98 Å². The maximum atomic E-state index is 11.2. The minimum Gasteiger partial charge on any atom is -0.373 e. The fraction of sp³-hybridized carbons (Fsp3) is 0.667. The topological polar surface area (TPSA) is 71.3 Å². The van der Waals surface area contributed by atoms with E-state index in [9.17, 15) is 10.1 Å². The van der Waals surface area contributed by atoms with E-state index in [1.807, 2.05) is 11.9 Å². The molecule has 0 radical (unpaired) electrons. The highest BCUT2D eigenvalue weighted by Gasteiger charge is 2.31. The Kier molecular flexibility index (Phi) is 4.34. The highest BCUT2D eigenvalue weighted by molar-refractivity contribution is 5.61. The van der Waals surface area contributed by atoms with Crippen LogP contribution in [0.4, 0.5) is 17.3 Å². The van der Waals surface area contributed by atoms with Crippen LogP contribution >= 0.6 is 0 Å². The van der Waals surface area contributed by atoms with Gasteiger partial charge in [0.15, 0.2) is 0 Å². The second-order valence-electron chi connectivity index (χ2n) is 6.55. The largest absolute Gasteiger partial charge is 0.373 e. The lowest BCUT2D eigenvalue weighted by atomic mass is 9.75. The van der Waals surface area contributed by atoms with Gasteiger partial charge in [0.1, 0.15) is 5.82 Å². The highest BCUT2D eigenvalue weighted by Crippen LogP contribution is 2.39. The standard InChI is InChI=1S/C15H24N4O2/c1-15(2)9-7-11(8-10-15)18(4)14-12(19(20)21)5-6-13(16-3)17-14/h5-6,11H,7-10H2,1-4H3,(H,16,17). The third-order valence-electron chi connectivity index (χ3n) is 4.50. The number of pyridine rings is 1. The highest BCUT2D eigenvalue weighted by atomic mass is 16.6. The van der Waals surface area contributed by atoms with Crippen molar-refractivity contribution in [2.24, 2.45) is 5.41 Å². The molecule has 116 valence electrons. The Morgan fingerprint density at radius 3 is 2.52 bits per heavy atom. The first kappa shape index (κ1) is 15.5. The summed E-state index contributed by atoms with van der Waals surface area (Å²) in [4.78, 5) is 17.3. The van der Waals surface area contributed by atoms with Gasteiger partial charge < -0.3 is 10.2 Å². The van der Waals surface area contributed by atoms with Crippen molar-refractivity contribution in [3.63, 3.8) is 0 Å². The molecule has 1 aliphatic rings. The monoisotopic (exact) mass is 292 g/mol. The number of rotatable bonds is 4. The zero-order valence-electron chi connectivity index (χ0n) is 13.2. The van der Waals surface area contributed by atoms with Crippen LogP contribution in [0.1, 0.15) is 39.5 Å². The Hall–Kier alpha value is -1.85. The third-order valence-corrected chi connectivity index (χ3v) is 4.50. The van der Waals surface area contributed by atoms with Gasteiger partial charge >= 0.3 is 5.69 Å². The van der Waals surface area contributed by atoms with Gasteiger partial charge in [-0.3, -0.25) is 10.1 Å². The minimum atomic E-state index is -0.356. The molecule has 0 aliphatic heterocycles. The maximum Gasteiger partial charge on any atom is 0.311 e. The lowest BCUT2D eigenvalue weighted by Crippen LogP contribution is -2.38. The van der Waals surface area contributed by atoms with E-state index in [4.69, 9.17) is 0 Å². The number of hydrogen-bond donors (Lipinski definition) is 1. The van der Waals surface area contributed by atoms with E-state index in [1.54, 1.807) is 13.1 Å². The Morgan fingerprint density at radius 1 is 1.38 bits per heavy atom. The molecule has 1 N–H and O–H groups in total. The van der Waals surface area contributed by atoms with Crippen LogP contribution in [0.15, 0.2) is 12.1 Å². The molecule has 1 aromatic rings. The first-order valence-electron chi connectivity index (χ1n) is 7.40. The van der Waals surface area contributed by atoms with Gasteiger partial charge in [0.2, 0.25) is 5.82 Å². The molecule has 0 bridgehead atoms. The molecular formula is C15H24N4O2. The van der Waals surface area contributed by atoms with Crippen molar-refractivity contribution in [3.05, 3.63) is 22.2 Å². The molecule has 2 rings (SSSR count). The summed E-state index contributed by atoms with van der Waals surface area (Å²) in [6, 6.07) is 3.48. The molecular weight excluding hydrogens is 268 g/mol. The van der Waals surface area contributed by atoms with E-state index in [0.29, 0.717) is 23.1 Å². The third kappa shape index (κ3) is 3.43. The summed E-state index contributed by atoms with van der Waals surface area (Å²) in [6.07, 6.45) is 4.38. The first-order chi connectivity index (χ1) is 9.84. The van der Waals surface area contributed by atoms with E-state index >= 15 is 0 Å². The molecule has 21 heavy (non-hydrogen) atoms. The molecule has 0 amide bonds. The van der Waals surface area contributed by atoms with Crippen molar-refractivity contribution >= 4 is 17.3 Å². The molecule has 0 saturated heterocycles. The van der Waals surface area contributed by atoms with Crippen LogP contribution in [-0.2, 0) is 0 Å². The summed E-state index contributed by atoms with van der Waals surface area (Å²) in [7, 11) is 3.68. The number of hydrogen-bond acceptors (Lipinski definition) is 5. The van der Waals surface area contributed by atoms with Crippen molar-refractivity contribution in [1.29, 1.82) is 0 Å². The van der Waals surface area contributed by atoms with Crippen LogP contribution in [0.3, 0.4) is 0 Å². The molecule has 1 aliphatic carbocycles. The van der Waals surface area contributed by atoms with Gasteiger partial charge in [-0.05, 0) is 37.2 Å². The van der Waals surface area contributed by atoms with Gasteiger partial charge in [0.05, 0.1) is 4.92 Å². The Labute approximate surface area is 125 Å². The van der Waals surface area contributed by atoms with Crippen molar-refractivity contribution in [2.75, 3.05) is 24.3 Å². The van der Waals surface area contributed by atoms with Gasteiger partial charge in [0, 0.05) is 26.2 Å². The molecule has 0 spiro atoms. The van der Waals surface area contributed by atoms with Crippen LogP contribution in [-0.4, -0.2) is 30.0 Å². The van der Waals surface area contributed by atoms with Gasteiger partial charge in [-0.1, -0.05) is 13.8 Å². The Morgan fingerprint density at radius 2 is 2.00 bits per heavy atom. The zero-order valence-corrected chi connectivity index (χ0v) is 13.2. The van der Waals surface area contributed by atoms with Gasteiger partial charge in [-0.25, -0.2) is 4.98 Å². The van der Waals surface area contributed by atoms with Crippen molar-refractivity contribution < 1.29 is 4.92 Å². The minimum absolute atomic E-state index is 0.0707. The predicted molar refractivity (Wildman–Crippen MR) is 84.9 cm³/mol. The Balaban J connectivity index is 2.25. The fourth-order valence-corrected chi connectivity index (χ4v) is 2.93. The first-order valence-corrected chi connectivity index (χ1v) is 7.40. The molecule has 1 fully saturated rings. The molecule has 0 unspecified atom stereocenters. The lowest BCUT2D eigenvalue weighted by molar-refractivity contribution is -0.384. The van der Waals surface area contributed by atoms with E-state index in [2.05, 4.69) is 24.1 Å². The number of nitrogens with one attached hydrogen (secondary N) is 1. The molecule has 6 heteroatoms. The average Bonchev–Trinajstić information content (AvgIpc) is 2.45. The number of nitro groups is 1. The van der Waals surface area contributed by atoms with E-state index in [0.717, 1.165) is 25.7 Å². The number of anilines is 2. The summed E-state index contributed by atoms with van der Waals surface area (Å²) in [6.45, 7) is 4.57. The summed E-state index contributed by atoms with van der Waals surface area (Å²) in [5, 5.41) is 14.2. The summed E-state index contributed by atoms with van der Waals surface area (Å²) < 4.78 is 0. The smallest absolute Gasteiger partial charge is 0.311 e. The van der Waals surface area contributed by atoms with Gasteiger partial charge in [-0.2, -0.15) is 0 Å². The molecule has 1 saturated carbocycles. The fourth-order valence-electron chi connectivity index (χ4n) is 2.93. The van der Waals surface area contributed by atoms with Crippen LogP contribution < -0.4 is 10.2 Å². The molecule has 6 nitrogen and oxygen atoms in total. The van der Waals surface area contributed by atoms with Crippen molar-refractivity contribution in [2.45, 2.75) is 45.6 Å². The quantitative estimate of drug-likeness (QED) is 0.680. The van der Waals surface area contributed by atoms with E-state index in [1.165, 1.54) is 6.07 Å². The van der Waals surface area contributed by atoms with Crippen LogP contribution in [0.2, 0.25) is 0 Å². The second-order valence-corrected chi connectivity index (χ2v) is 6.55. The summed E-state index contributed by atoms with van der Waals surface area (Å²) >= 11 is 0. The number of aromatic nitrogens is 1. The molecule has 1 aromatic heterocycles. The van der Waals surface area contributed by atoms with Crippen LogP contribution in [0, 0.1) is 15.5 Å². The Bertz CT molecular complexity index is 520. The van der Waals surface area contributed by atoms with E-state index < -0.39 is 0 Å². The van der Waals surface area contributed by atoms with Crippen molar-refractivity contribution in [3.8, 4) is 0 Å². The van der Waals surface area contributed by atoms with Crippen LogP contribution in [0.25, 0.3) is 0 Å². The maximum absolute atomic E-state index is 11.2. The second kappa shape index (κ2) is 5.87. The molecule has 0 aromatic carbocycles. The van der Waals surface area contributed by atoms with Gasteiger partial charge in [0.25, 0.3) is 0 Å². The summed E-state index contributed by atoms with van der Waals surface area (Å²) in [5.41, 5.74) is 0.449. The van der Waals surface area contributed by atoms with E-state index in [-0.39, 0.29) is 10.6 Å². The molecule has 0 atom stereocenters. The zero-order chi connectivity index (χ0) is 15.6. The normalized spacial score (nSPS) is 18.3. The SMILES string of the molecule is CNc1ccc([N+](=O)[O-])c(N(C)C2CCC(C)(C)CC2)n1. The lowest BCUT2D eigenvalue weighted by Gasteiger charge is -2.38. The average molecular weight is 292 g/mol. The predicted octanol–water partition coefficient (Wildman–Crippen LogP) is 3.44. The summed E-state index contributed by atoms with van der Waals surface area (Å²) in [5.74, 6) is 1.11.